The van der Waals surface area contributed by atoms with Crippen LogP contribution in [0.15, 0.2) is 12.1 Å². The number of nitrogens with zero attached hydrogens (tertiary/aromatic N) is 2. The maximum Gasteiger partial charge on any atom is 0.419 e. The molecule has 0 amide bonds. The summed E-state index contributed by atoms with van der Waals surface area (Å²) in [4.78, 5) is 0. The van der Waals surface area contributed by atoms with Crippen molar-refractivity contribution in [3.05, 3.63) is 34.6 Å². The molecule has 0 saturated heterocycles. The molecule has 10 heteroatoms. The number of aliphatic hydroxyl groups excluding tert-OH is 1. The predicted octanol–water partition coefficient (Wildman–Crippen LogP) is 4.33. The molecule has 1 aromatic carbocycles. The number of phenolic OH excluding ortho intramolecular Hbond substituents is 1. The Hall–Kier alpha value is -2.46. The third-order valence-electron chi connectivity index (χ3n) is 6.71. The van der Waals surface area contributed by atoms with Crippen molar-refractivity contribution in [2.75, 3.05) is 5.32 Å². The first kappa shape index (κ1) is 21.4. The topological polar surface area (TPSA) is 87.5 Å². The Kier molecular flexibility index (Phi) is 5.05. The van der Waals surface area contributed by atoms with Gasteiger partial charge in [-0.2, -0.15) is 13.2 Å². The normalized spacial score (nSPS) is 24.3. The lowest BCUT2D eigenvalue weighted by molar-refractivity contribution is -0.140. The molecule has 2 atom stereocenters. The molecule has 1 aromatic heterocycles. The number of phenols is 1. The zero-order valence-corrected chi connectivity index (χ0v) is 17.2. The Labute approximate surface area is 181 Å². The Morgan fingerprint density at radius 2 is 1.84 bits per heavy atom. The van der Waals surface area contributed by atoms with Gasteiger partial charge >= 0.3 is 6.18 Å². The summed E-state index contributed by atoms with van der Waals surface area (Å²) in [7, 11) is 0. The molecule has 2 aromatic rings. The van der Waals surface area contributed by atoms with Crippen LogP contribution in [0, 0.1) is 5.82 Å². The average molecular weight is 453 g/mol. The average Bonchev–Trinajstić information content (AvgIpc) is 3.49. The van der Waals surface area contributed by atoms with Crippen LogP contribution < -0.4 is 5.32 Å². The SMILES string of the molecule is Oc1cc(C(F)(F)F)c(F)cc1-c1nnc(N[C@@H]2CCCC[C@H]2O)c2c1CC1(CC1)OC2. The van der Waals surface area contributed by atoms with Gasteiger partial charge in [-0.05, 0) is 43.4 Å². The van der Waals surface area contributed by atoms with E-state index in [4.69, 9.17) is 4.74 Å². The molecule has 172 valence electrons. The number of fused-ring (bicyclic) bond motifs is 1. The van der Waals surface area contributed by atoms with Crippen LogP contribution in [0.4, 0.5) is 23.4 Å². The van der Waals surface area contributed by atoms with Gasteiger partial charge in [-0.1, -0.05) is 12.8 Å². The van der Waals surface area contributed by atoms with Crippen molar-refractivity contribution in [3.63, 3.8) is 0 Å². The molecule has 1 spiro atoms. The van der Waals surface area contributed by atoms with Gasteiger partial charge in [-0.15, -0.1) is 10.2 Å². The second kappa shape index (κ2) is 7.55. The molecule has 2 aliphatic carbocycles. The van der Waals surface area contributed by atoms with Crippen molar-refractivity contribution in [1.29, 1.82) is 0 Å². The first-order valence-electron chi connectivity index (χ1n) is 10.7. The molecule has 1 aliphatic heterocycles. The number of anilines is 1. The lowest BCUT2D eigenvalue weighted by Gasteiger charge is -2.32. The minimum Gasteiger partial charge on any atom is -0.507 e. The van der Waals surface area contributed by atoms with Crippen LogP contribution in [-0.2, 0) is 23.9 Å². The molecule has 0 unspecified atom stereocenters. The van der Waals surface area contributed by atoms with Gasteiger partial charge in [0.05, 0.1) is 29.9 Å². The molecule has 6 nitrogen and oxygen atoms in total. The Morgan fingerprint density at radius 3 is 2.53 bits per heavy atom. The van der Waals surface area contributed by atoms with E-state index < -0.39 is 29.4 Å². The third-order valence-corrected chi connectivity index (χ3v) is 6.71. The van der Waals surface area contributed by atoms with Crippen LogP contribution in [0.25, 0.3) is 11.3 Å². The van der Waals surface area contributed by atoms with Gasteiger partial charge in [0.25, 0.3) is 0 Å². The molecule has 0 bridgehead atoms. The van der Waals surface area contributed by atoms with E-state index in [0.717, 1.165) is 32.1 Å². The van der Waals surface area contributed by atoms with Gasteiger partial charge in [-0.3, -0.25) is 0 Å². The molecule has 32 heavy (non-hydrogen) atoms. The van der Waals surface area contributed by atoms with E-state index in [1.807, 2.05) is 0 Å². The molecule has 5 rings (SSSR count). The fourth-order valence-corrected chi connectivity index (χ4v) is 4.67. The minimum atomic E-state index is -4.92. The van der Waals surface area contributed by atoms with Crippen molar-refractivity contribution < 1.29 is 32.5 Å². The first-order valence-corrected chi connectivity index (χ1v) is 10.7. The number of aliphatic hydroxyl groups is 1. The third kappa shape index (κ3) is 3.79. The van der Waals surface area contributed by atoms with Crippen molar-refractivity contribution in [3.8, 4) is 17.0 Å². The summed E-state index contributed by atoms with van der Waals surface area (Å²) >= 11 is 0. The quantitative estimate of drug-likeness (QED) is 0.600. The minimum absolute atomic E-state index is 0.138. The molecule has 0 radical (unpaired) electrons. The molecule has 2 fully saturated rings. The standard InChI is InChI=1S/C22H23F4N3O3/c23-15-7-11(18(31)8-14(15)22(24,25)26)19-12-9-21(5-6-21)32-10-13(12)20(29-28-19)27-16-3-1-2-4-17(16)30/h7-8,16-17,30-31H,1-6,9-10H2,(H,27,29)/t16-,17-/m1/s1. The molecular weight excluding hydrogens is 430 g/mol. The van der Waals surface area contributed by atoms with Gasteiger partial charge in [0.1, 0.15) is 17.3 Å². The van der Waals surface area contributed by atoms with Crippen LogP contribution in [0.1, 0.15) is 55.2 Å². The number of ether oxygens (including phenoxy) is 1. The van der Waals surface area contributed by atoms with Crippen molar-refractivity contribution in [2.45, 2.75) is 75.5 Å². The highest BCUT2D eigenvalue weighted by Gasteiger charge is 2.48. The number of alkyl halides is 3. The van der Waals surface area contributed by atoms with Crippen LogP contribution in [0.3, 0.4) is 0 Å². The fraction of sp³-hybridized carbons (Fsp3) is 0.545. The smallest absolute Gasteiger partial charge is 0.419 e. The van der Waals surface area contributed by atoms with Crippen LogP contribution in [-0.4, -0.2) is 38.2 Å². The Balaban J connectivity index is 1.57. The number of benzene rings is 1. The van der Waals surface area contributed by atoms with E-state index in [-0.39, 0.29) is 29.5 Å². The van der Waals surface area contributed by atoms with E-state index in [1.54, 1.807) is 0 Å². The second-order valence-corrected chi connectivity index (χ2v) is 8.95. The largest absolute Gasteiger partial charge is 0.507 e. The molecule has 3 aliphatic rings. The van der Waals surface area contributed by atoms with Crippen LogP contribution >= 0.6 is 0 Å². The summed E-state index contributed by atoms with van der Waals surface area (Å²) in [6, 6.07) is 0.854. The van der Waals surface area contributed by atoms with E-state index in [1.165, 1.54) is 0 Å². The fourth-order valence-electron chi connectivity index (χ4n) is 4.67. The van der Waals surface area contributed by atoms with Gasteiger partial charge in [0.2, 0.25) is 0 Å². The highest BCUT2D eigenvalue weighted by Crippen LogP contribution is 2.50. The number of aromatic hydroxyl groups is 1. The molecule has 3 N–H and O–H groups in total. The van der Waals surface area contributed by atoms with Crippen molar-refractivity contribution in [2.24, 2.45) is 0 Å². The highest BCUT2D eigenvalue weighted by molar-refractivity contribution is 5.73. The monoisotopic (exact) mass is 453 g/mol. The summed E-state index contributed by atoms with van der Waals surface area (Å²) in [6.45, 7) is 0.215. The lowest BCUT2D eigenvalue weighted by atomic mass is 9.91. The van der Waals surface area contributed by atoms with Crippen molar-refractivity contribution in [1.82, 2.24) is 10.2 Å². The zero-order chi connectivity index (χ0) is 22.7. The number of rotatable bonds is 3. The highest BCUT2D eigenvalue weighted by atomic mass is 19.4. The number of nitrogens with one attached hydrogen (secondary N) is 1. The number of hydrogen-bond acceptors (Lipinski definition) is 6. The summed E-state index contributed by atoms with van der Waals surface area (Å²) < 4.78 is 59.4. The van der Waals surface area contributed by atoms with E-state index in [9.17, 15) is 27.8 Å². The number of halogens is 4. The summed E-state index contributed by atoms with van der Waals surface area (Å²) in [5.41, 5.74) is -0.536. The Bertz CT molecular complexity index is 1060. The van der Waals surface area contributed by atoms with Crippen LogP contribution in [0.2, 0.25) is 0 Å². The number of aromatic nitrogens is 2. The number of hydrogen-bond donors (Lipinski definition) is 3. The van der Waals surface area contributed by atoms with Gasteiger partial charge in [-0.25, -0.2) is 4.39 Å². The maximum atomic E-state index is 14.3. The van der Waals surface area contributed by atoms with E-state index >= 15 is 0 Å². The second-order valence-electron chi connectivity index (χ2n) is 8.95. The zero-order valence-electron chi connectivity index (χ0n) is 17.2. The van der Waals surface area contributed by atoms with Crippen molar-refractivity contribution >= 4 is 5.82 Å². The first-order chi connectivity index (χ1) is 15.2. The summed E-state index contributed by atoms with van der Waals surface area (Å²) in [5, 5.41) is 32.3. The molecular formula is C22H23F4N3O3. The maximum absolute atomic E-state index is 14.3. The Morgan fingerprint density at radius 1 is 1.09 bits per heavy atom. The molecule has 2 heterocycles. The summed E-state index contributed by atoms with van der Waals surface area (Å²) in [5.74, 6) is -1.76. The molecule has 2 saturated carbocycles. The lowest BCUT2D eigenvalue weighted by Crippen LogP contribution is -2.37. The predicted molar refractivity (Wildman–Crippen MR) is 106 cm³/mol. The van der Waals surface area contributed by atoms with Crippen LogP contribution in [0.5, 0.6) is 5.75 Å². The van der Waals surface area contributed by atoms with E-state index in [0.29, 0.717) is 41.9 Å². The van der Waals surface area contributed by atoms with Gasteiger partial charge in [0, 0.05) is 17.5 Å². The van der Waals surface area contributed by atoms with Gasteiger partial charge < -0.3 is 20.3 Å². The van der Waals surface area contributed by atoms with E-state index in [2.05, 4.69) is 15.5 Å². The van der Waals surface area contributed by atoms with Gasteiger partial charge in [0.15, 0.2) is 5.82 Å². The summed E-state index contributed by atoms with van der Waals surface area (Å²) in [6.07, 6.45) is 0.0554.